The van der Waals surface area contributed by atoms with Crippen LogP contribution in [0.3, 0.4) is 0 Å². The molecule has 2 fully saturated rings. The Morgan fingerprint density at radius 3 is 2.64 bits per heavy atom. The molecule has 2 N–H and O–H groups in total. The molecule has 0 bridgehead atoms. The van der Waals surface area contributed by atoms with E-state index in [1.165, 1.54) is 24.5 Å². The van der Waals surface area contributed by atoms with Gasteiger partial charge in [0.05, 0.1) is 29.3 Å². The number of benzene rings is 2. The van der Waals surface area contributed by atoms with Crippen molar-refractivity contribution in [2.75, 3.05) is 43.4 Å². The Bertz CT molecular complexity index is 1540. The van der Waals surface area contributed by atoms with Crippen LogP contribution in [0.2, 0.25) is 0 Å². The van der Waals surface area contributed by atoms with Gasteiger partial charge in [0.15, 0.2) is 5.69 Å². The molecule has 2 saturated heterocycles. The fourth-order valence-corrected chi connectivity index (χ4v) is 5.63. The van der Waals surface area contributed by atoms with Crippen LogP contribution in [-0.4, -0.2) is 71.3 Å². The van der Waals surface area contributed by atoms with Gasteiger partial charge in [0.25, 0.3) is 5.91 Å². The number of amides is 1. The highest BCUT2D eigenvalue weighted by atomic mass is 19.4. The highest BCUT2D eigenvalue weighted by Gasteiger charge is 2.44. The van der Waals surface area contributed by atoms with E-state index < -0.39 is 17.6 Å². The van der Waals surface area contributed by atoms with Crippen molar-refractivity contribution in [3.8, 4) is 23.0 Å². The minimum absolute atomic E-state index is 0.00433. The molecule has 0 spiro atoms. The van der Waals surface area contributed by atoms with Gasteiger partial charge < -0.3 is 24.7 Å². The quantitative estimate of drug-likeness (QED) is 0.323. The molecule has 0 radical (unpaired) electrons. The summed E-state index contributed by atoms with van der Waals surface area (Å²) in [5, 5.41) is 13.4. The van der Waals surface area contributed by atoms with Gasteiger partial charge in [-0.2, -0.15) is 23.4 Å². The highest BCUT2D eigenvalue weighted by molar-refractivity contribution is 6.05. The number of rotatable bonds is 7. The minimum Gasteiger partial charge on any atom is -0.457 e. The zero-order valence-corrected chi connectivity index (χ0v) is 22.6. The third-order valence-electron chi connectivity index (χ3n) is 7.62. The number of carbonyl (C=O) groups is 1. The molecule has 4 heterocycles. The number of aromatic nitrogens is 3. The number of nitrogens with one attached hydrogen (secondary N) is 2. The molecule has 2 aliphatic heterocycles. The van der Waals surface area contributed by atoms with Crippen LogP contribution in [0, 0.1) is 0 Å². The number of piperazine rings is 1. The predicted molar refractivity (Wildman–Crippen MR) is 148 cm³/mol. The van der Waals surface area contributed by atoms with Crippen LogP contribution in [-0.2, 0) is 6.18 Å². The van der Waals surface area contributed by atoms with Gasteiger partial charge in [-0.3, -0.25) is 9.69 Å². The second-order valence-corrected chi connectivity index (χ2v) is 10.1. The smallest absolute Gasteiger partial charge is 0.422 e. The fourth-order valence-electron chi connectivity index (χ4n) is 5.63. The number of oxazole rings is 1. The van der Waals surface area contributed by atoms with Crippen molar-refractivity contribution in [2.24, 2.45) is 0 Å². The van der Waals surface area contributed by atoms with Gasteiger partial charge in [0, 0.05) is 38.3 Å². The van der Waals surface area contributed by atoms with E-state index >= 15 is 0 Å². The van der Waals surface area contributed by atoms with E-state index in [0.717, 1.165) is 19.2 Å². The largest absolute Gasteiger partial charge is 0.457 e. The topological polar surface area (TPSA) is 109 Å². The van der Waals surface area contributed by atoms with Crippen molar-refractivity contribution in [3.05, 3.63) is 78.4 Å². The molecule has 42 heavy (non-hydrogen) atoms. The molecule has 0 saturated carbocycles. The summed E-state index contributed by atoms with van der Waals surface area (Å²) in [5.41, 5.74) is -0.704. The first-order chi connectivity index (χ1) is 20.3. The Morgan fingerprint density at radius 1 is 1.07 bits per heavy atom. The van der Waals surface area contributed by atoms with Crippen LogP contribution >= 0.6 is 0 Å². The molecule has 0 unspecified atom stereocenters. The van der Waals surface area contributed by atoms with Crippen LogP contribution in [0.1, 0.15) is 22.5 Å². The first-order valence-electron chi connectivity index (χ1n) is 13.5. The number of hydrogen-bond acceptors (Lipinski definition) is 9. The van der Waals surface area contributed by atoms with Crippen molar-refractivity contribution in [2.45, 2.75) is 24.7 Å². The lowest BCUT2D eigenvalue weighted by atomic mass is 10.0. The number of hydrogen-bond donors (Lipinski definition) is 2. The van der Waals surface area contributed by atoms with E-state index in [4.69, 9.17) is 9.15 Å². The number of ether oxygens (including phenoxy) is 1. The molecule has 1 amide bonds. The van der Waals surface area contributed by atoms with Gasteiger partial charge in [-0.25, -0.2) is 4.98 Å². The van der Waals surface area contributed by atoms with E-state index in [2.05, 4.69) is 30.7 Å². The third kappa shape index (κ3) is 5.52. The highest BCUT2D eigenvalue weighted by Crippen LogP contribution is 2.48. The summed E-state index contributed by atoms with van der Waals surface area (Å²) in [7, 11) is 1.86. The molecular weight excluding hydrogens is 551 g/mol. The monoisotopic (exact) mass is 579 g/mol. The van der Waals surface area contributed by atoms with Crippen molar-refractivity contribution in [1.82, 2.24) is 25.4 Å². The van der Waals surface area contributed by atoms with Crippen LogP contribution in [0.25, 0.3) is 11.5 Å². The lowest BCUT2D eigenvalue weighted by Gasteiger charge is -2.42. The lowest BCUT2D eigenvalue weighted by Crippen LogP contribution is -2.55. The van der Waals surface area contributed by atoms with Gasteiger partial charge in [-0.1, -0.05) is 18.2 Å². The normalized spacial score (nSPS) is 19.0. The number of anilines is 2. The molecule has 10 nitrogen and oxygen atoms in total. The van der Waals surface area contributed by atoms with Crippen LogP contribution in [0.5, 0.6) is 11.5 Å². The summed E-state index contributed by atoms with van der Waals surface area (Å²) in [5.74, 6) is -0.670. The zero-order chi connectivity index (χ0) is 29.3. The van der Waals surface area contributed by atoms with Gasteiger partial charge in [0.2, 0.25) is 5.89 Å². The van der Waals surface area contributed by atoms with Crippen molar-refractivity contribution < 1.29 is 27.1 Å². The zero-order valence-electron chi connectivity index (χ0n) is 22.6. The second kappa shape index (κ2) is 11.4. The Labute approximate surface area is 239 Å². The first kappa shape index (κ1) is 27.7. The summed E-state index contributed by atoms with van der Waals surface area (Å²) in [4.78, 5) is 21.5. The maximum absolute atomic E-state index is 14.9. The summed E-state index contributed by atoms with van der Waals surface area (Å²) in [6, 6.07) is 12.7. The fraction of sp³-hybridized carbons (Fsp3) is 0.310. The van der Waals surface area contributed by atoms with E-state index in [0.29, 0.717) is 25.2 Å². The SMILES string of the molecule is CN[C@@H]1CCN2CCN(c3c(NC(=O)c4coc(-c5ccnnc5)n4)ccc(Oc4ccccc4)c3C(F)(F)F)C[C@@H]12. The summed E-state index contributed by atoms with van der Waals surface area (Å²) < 4.78 is 56.0. The molecular formula is C29H28F3N7O3. The summed E-state index contributed by atoms with van der Waals surface area (Å²) in [6.45, 7) is 2.15. The molecule has 2 aromatic carbocycles. The molecule has 13 heteroatoms. The Hall–Kier alpha value is -4.49. The van der Waals surface area contributed by atoms with Crippen LogP contribution < -0.4 is 20.3 Å². The van der Waals surface area contributed by atoms with E-state index in [1.54, 1.807) is 41.3 Å². The van der Waals surface area contributed by atoms with Gasteiger partial charge in [0.1, 0.15) is 23.3 Å². The van der Waals surface area contributed by atoms with Gasteiger partial charge in [-0.15, -0.1) is 0 Å². The van der Waals surface area contributed by atoms with E-state index in [-0.39, 0.29) is 46.5 Å². The molecule has 4 aromatic rings. The standard InChI is InChI=1S/C29H28F3N7O3/c1-33-20-10-12-38-13-14-39(16-23(20)38)26-21(36-27(40)22-17-41-28(37-22)18-9-11-34-35-15-18)7-8-24(25(26)29(30,31)32)42-19-5-3-2-4-6-19/h2-9,11,15,17,20,23,33H,10,12-14,16H2,1H3,(H,36,40)/t20-,23+/m1/s1. The number of likely N-dealkylation sites (N-methyl/N-ethyl adjacent to an activating group) is 1. The average molecular weight is 580 g/mol. The third-order valence-corrected chi connectivity index (χ3v) is 7.62. The van der Waals surface area contributed by atoms with Crippen molar-refractivity contribution in [1.29, 1.82) is 0 Å². The molecule has 2 aliphatic rings. The molecule has 2 aromatic heterocycles. The Morgan fingerprint density at radius 2 is 1.90 bits per heavy atom. The summed E-state index contributed by atoms with van der Waals surface area (Å²) in [6.07, 6.45) is 0.144. The van der Waals surface area contributed by atoms with Crippen LogP contribution in [0.4, 0.5) is 24.5 Å². The number of fused-ring (bicyclic) bond motifs is 1. The van der Waals surface area contributed by atoms with Crippen LogP contribution in [0.15, 0.2) is 71.6 Å². The van der Waals surface area contributed by atoms with Crippen molar-refractivity contribution in [3.63, 3.8) is 0 Å². The summed E-state index contributed by atoms with van der Waals surface area (Å²) >= 11 is 0. The first-order valence-corrected chi connectivity index (χ1v) is 13.5. The Balaban J connectivity index is 1.39. The molecule has 0 aliphatic carbocycles. The number of carbonyl (C=O) groups excluding carboxylic acids is 1. The molecule has 2 atom stereocenters. The number of alkyl halides is 3. The molecule has 6 rings (SSSR count). The van der Waals surface area contributed by atoms with E-state index in [9.17, 15) is 18.0 Å². The van der Waals surface area contributed by atoms with E-state index in [1.807, 2.05) is 7.05 Å². The van der Waals surface area contributed by atoms with Crippen molar-refractivity contribution >= 4 is 17.3 Å². The Kier molecular flexibility index (Phi) is 7.52. The minimum atomic E-state index is -4.79. The van der Waals surface area contributed by atoms with Gasteiger partial charge >= 0.3 is 6.18 Å². The number of para-hydroxylation sites is 1. The average Bonchev–Trinajstić information content (AvgIpc) is 3.65. The maximum atomic E-state index is 14.9. The number of nitrogens with zero attached hydrogens (tertiary/aromatic N) is 5. The van der Waals surface area contributed by atoms with Gasteiger partial charge in [-0.05, 0) is 43.8 Å². The predicted octanol–water partition coefficient (Wildman–Crippen LogP) is 4.68. The number of halogens is 3. The maximum Gasteiger partial charge on any atom is 0.422 e. The lowest BCUT2D eigenvalue weighted by molar-refractivity contribution is -0.138. The molecule has 218 valence electrons. The second-order valence-electron chi connectivity index (χ2n) is 10.1.